The van der Waals surface area contributed by atoms with Crippen LogP contribution < -0.4 is 10.8 Å². The molecule has 0 unspecified atom stereocenters. The van der Waals surface area contributed by atoms with E-state index >= 15 is 0 Å². The van der Waals surface area contributed by atoms with E-state index in [1.807, 2.05) is 31.3 Å². The van der Waals surface area contributed by atoms with Gasteiger partial charge in [-0.05, 0) is 12.1 Å². The molecule has 84 valence electrons. The third-order valence-corrected chi connectivity index (χ3v) is 2.42. The number of anilines is 1. The monoisotopic (exact) mass is 225 g/mol. The summed E-state index contributed by atoms with van der Waals surface area (Å²) in [7, 11) is 7.68. The number of carbonyl (C=O) groups is 1. The molecule has 2 rings (SSSR count). The van der Waals surface area contributed by atoms with E-state index in [-0.39, 0.29) is 5.91 Å². The molecule has 0 fully saturated rings. The number of rotatable bonds is 2. The van der Waals surface area contributed by atoms with E-state index in [0.717, 1.165) is 16.9 Å². The third-order valence-electron chi connectivity index (χ3n) is 2.42. The summed E-state index contributed by atoms with van der Waals surface area (Å²) in [6.07, 6.45) is 1.61. The Morgan fingerprint density at radius 2 is 2.24 bits per heavy atom. The maximum atomic E-state index is 11.0. The van der Waals surface area contributed by atoms with Crippen molar-refractivity contribution >= 4 is 24.9 Å². The predicted octanol–water partition coefficient (Wildman–Crippen LogP) is 0.839. The molecular weight excluding hydrogens is 213 g/mol. The summed E-state index contributed by atoms with van der Waals surface area (Å²) in [5.41, 5.74) is 3.13. The largest absolute Gasteiger partial charge is 0.326 e. The highest BCUT2D eigenvalue weighted by Gasteiger charge is 2.07. The van der Waals surface area contributed by atoms with Crippen LogP contribution in [0.25, 0.3) is 11.3 Å². The van der Waals surface area contributed by atoms with E-state index < -0.39 is 0 Å². The summed E-state index contributed by atoms with van der Waals surface area (Å²) >= 11 is 0. The van der Waals surface area contributed by atoms with E-state index in [9.17, 15) is 4.79 Å². The maximum Gasteiger partial charge on any atom is 0.221 e. The van der Waals surface area contributed by atoms with Crippen molar-refractivity contribution in [1.29, 1.82) is 0 Å². The smallest absolute Gasteiger partial charge is 0.221 e. The van der Waals surface area contributed by atoms with Gasteiger partial charge in [0.05, 0.1) is 5.69 Å². The Labute approximate surface area is 101 Å². The van der Waals surface area contributed by atoms with Crippen molar-refractivity contribution in [3.63, 3.8) is 0 Å². The fourth-order valence-electron chi connectivity index (χ4n) is 1.76. The molecule has 1 heterocycles. The quantitative estimate of drug-likeness (QED) is 0.769. The molecule has 2 aromatic rings. The number of hydrogen-bond donors (Lipinski definition) is 1. The molecule has 1 aromatic carbocycles. The van der Waals surface area contributed by atoms with E-state index in [1.54, 1.807) is 10.9 Å². The van der Waals surface area contributed by atoms with Gasteiger partial charge >= 0.3 is 0 Å². The number of benzene rings is 1. The lowest BCUT2D eigenvalue weighted by Gasteiger charge is -2.07. The van der Waals surface area contributed by atoms with Gasteiger partial charge in [-0.3, -0.25) is 9.48 Å². The Balaban J connectivity index is 2.43. The Hall–Kier alpha value is -2.04. The Kier molecular flexibility index (Phi) is 3.00. The molecule has 0 saturated carbocycles. The van der Waals surface area contributed by atoms with Gasteiger partial charge in [0.25, 0.3) is 0 Å². The molecule has 5 heteroatoms. The minimum Gasteiger partial charge on any atom is -0.326 e. The highest BCUT2D eigenvalue weighted by atomic mass is 16.1. The van der Waals surface area contributed by atoms with Crippen molar-refractivity contribution in [2.24, 2.45) is 7.05 Å². The Bertz CT molecular complexity index is 543. The minimum absolute atomic E-state index is 0.0971. The molecule has 0 spiro atoms. The van der Waals surface area contributed by atoms with Crippen molar-refractivity contribution in [1.82, 2.24) is 9.78 Å². The summed E-state index contributed by atoms with van der Waals surface area (Å²) in [5, 5.41) is 6.82. The van der Waals surface area contributed by atoms with Crippen molar-refractivity contribution < 1.29 is 4.79 Å². The lowest BCUT2D eigenvalue weighted by molar-refractivity contribution is -0.114. The van der Waals surface area contributed by atoms with E-state index in [1.165, 1.54) is 6.92 Å². The van der Waals surface area contributed by atoms with Crippen LogP contribution in [-0.2, 0) is 11.8 Å². The minimum atomic E-state index is -0.0971. The molecule has 17 heavy (non-hydrogen) atoms. The first kappa shape index (κ1) is 11.5. The SMILES string of the molecule is [B]c1cnn(C)c1-c1cccc(NC(C)=O)c1. The van der Waals surface area contributed by atoms with Gasteiger partial charge in [0, 0.05) is 31.4 Å². The van der Waals surface area contributed by atoms with Crippen LogP contribution in [0.3, 0.4) is 0 Å². The van der Waals surface area contributed by atoms with Crippen molar-refractivity contribution in [3.05, 3.63) is 30.5 Å². The number of hydrogen-bond acceptors (Lipinski definition) is 2. The number of amides is 1. The fourth-order valence-corrected chi connectivity index (χ4v) is 1.76. The summed E-state index contributed by atoms with van der Waals surface area (Å²) in [6, 6.07) is 7.50. The third kappa shape index (κ3) is 2.38. The van der Waals surface area contributed by atoms with Gasteiger partial charge in [0.1, 0.15) is 7.85 Å². The van der Waals surface area contributed by atoms with E-state index in [4.69, 9.17) is 7.85 Å². The first-order valence-electron chi connectivity index (χ1n) is 5.23. The zero-order chi connectivity index (χ0) is 12.4. The van der Waals surface area contributed by atoms with Gasteiger partial charge in [-0.25, -0.2) is 0 Å². The van der Waals surface area contributed by atoms with Crippen LogP contribution in [-0.4, -0.2) is 23.5 Å². The van der Waals surface area contributed by atoms with Crippen molar-refractivity contribution in [2.75, 3.05) is 5.32 Å². The molecule has 0 bridgehead atoms. The summed E-state index contributed by atoms with van der Waals surface area (Å²) < 4.78 is 1.71. The van der Waals surface area contributed by atoms with Gasteiger partial charge in [0.2, 0.25) is 5.91 Å². The number of nitrogens with zero attached hydrogens (tertiary/aromatic N) is 2. The first-order chi connectivity index (χ1) is 8.08. The number of carbonyl (C=O) groups excluding carboxylic acids is 1. The normalized spacial score (nSPS) is 10.2. The molecule has 1 aromatic heterocycles. The lowest BCUT2D eigenvalue weighted by atomic mass is 9.93. The number of aromatic nitrogens is 2. The Morgan fingerprint density at radius 3 is 2.82 bits per heavy atom. The summed E-state index contributed by atoms with van der Waals surface area (Å²) in [6.45, 7) is 1.48. The topological polar surface area (TPSA) is 46.9 Å². The molecule has 1 amide bonds. The van der Waals surface area contributed by atoms with Gasteiger partial charge < -0.3 is 5.32 Å². The second kappa shape index (κ2) is 4.45. The van der Waals surface area contributed by atoms with E-state index in [0.29, 0.717) is 5.46 Å². The molecule has 0 aliphatic heterocycles. The molecule has 1 N–H and O–H groups in total. The summed E-state index contributed by atoms with van der Waals surface area (Å²) in [5.74, 6) is -0.0971. The fraction of sp³-hybridized carbons (Fsp3) is 0.167. The van der Waals surface area contributed by atoms with Crippen LogP contribution in [0.1, 0.15) is 6.92 Å². The molecule has 0 saturated heterocycles. The van der Waals surface area contributed by atoms with Crippen LogP contribution in [0.15, 0.2) is 30.5 Å². The first-order valence-corrected chi connectivity index (χ1v) is 5.23. The summed E-state index contributed by atoms with van der Waals surface area (Å²) in [4.78, 5) is 11.0. The lowest BCUT2D eigenvalue weighted by Crippen LogP contribution is -2.08. The second-order valence-corrected chi connectivity index (χ2v) is 3.83. The second-order valence-electron chi connectivity index (χ2n) is 3.83. The standard InChI is InChI=1S/C12H12BN3O/c1-8(17)15-10-5-3-4-9(6-10)12-11(13)7-14-16(12)2/h3-7H,1-2H3,(H,15,17). The van der Waals surface area contributed by atoms with Crippen molar-refractivity contribution in [3.8, 4) is 11.3 Å². The molecule has 0 atom stereocenters. The van der Waals surface area contributed by atoms with Crippen molar-refractivity contribution in [2.45, 2.75) is 6.92 Å². The molecule has 0 aliphatic rings. The number of nitrogens with one attached hydrogen (secondary N) is 1. The van der Waals surface area contributed by atoms with Crippen LogP contribution in [0.2, 0.25) is 0 Å². The maximum absolute atomic E-state index is 11.0. The van der Waals surface area contributed by atoms with Crippen LogP contribution in [0.5, 0.6) is 0 Å². The van der Waals surface area contributed by atoms with Crippen LogP contribution >= 0.6 is 0 Å². The van der Waals surface area contributed by atoms with Crippen LogP contribution in [0, 0.1) is 0 Å². The highest BCUT2D eigenvalue weighted by molar-refractivity contribution is 6.35. The highest BCUT2D eigenvalue weighted by Crippen LogP contribution is 2.20. The van der Waals surface area contributed by atoms with Gasteiger partial charge in [0.15, 0.2) is 0 Å². The molecular formula is C12H12BN3O. The predicted molar refractivity (Wildman–Crippen MR) is 68.3 cm³/mol. The molecule has 0 aliphatic carbocycles. The zero-order valence-corrected chi connectivity index (χ0v) is 9.77. The average Bonchev–Trinajstić information content (AvgIpc) is 2.58. The Morgan fingerprint density at radius 1 is 1.47 bits per heavy atom. The van der Waals surface area contributed by atoms with Gasteiger partial charge in [-0.1, -0.05) is 17.6 Å². The van der Waals surface area contributed by atoms with Gasteiger partial charge in [-0.15, -0.1) is 0 Å². The molecule has 4 nitrogen and oxygen atoms in total. The van der Waals surface area contributed by atoms with E-state index in [2.05, 4.69) is 10.4 Å². The zero-order valence-electron chi connectivity index (χ0n) is 9.77. The van der Waals surface area contributed by atoms with Crippen LogP contribution in [0.4, 0.5) is 5.69 Å². The number of aryl methyl sites for hydroxylation is 1. The average molecular weight is 225 g/mol. The molecule has 2 radical (unpaired) electrons. The van der Waals surface area contributed by atoms with Gasteiger partial charge in [-0.2, -0.15) is 5.10 Å².